The number of hydrogen-bond acceptors (Lipinski definition) is 2. The van der Waals surface area contributed by atoms with Gasteiger partial charge in [0.2, 0.25) is 0 Å². The smallest absolute Gasteiger partial charge is 0.0465 e. The summed E-state index contributed by atoms with van der Waals surface area (Å²) in [4.78, 5) is 2.45. The Bertz CT molecular complexity index is 3690. The monoisotopic (exact) mass is 847 g/mol. The number of rotatable bonds is 6. The molecule has 1 atom stereocenters. The van der Waals surface area contributed by atoms with Gasteiger partial charge in [-0.15, -0.1) is 11.3 Å². The van der Waals surface area contributed by atoms with Crippen molar-refractivity contribution in [1.82, 2.24) is 0 Å². The highest BCUT2D eigenvalue weighted by atomic mass is 32.1. The van der Waals surface area contributed by atoms with Crippen LogP contribution in [0.4, 0.5) is 17.1 Å². The highest BCUT2D eigenvalue weighted by molar-refractivity contribution is 7.27. The Balaban J connectivity index is 0.955. The van der Waals surface area contributed by atoms with Crippen molar-refractivity contribution in [2.24, 2.45) is 0 Å². The van der Waals surface area contributed by atoms with E-state index >= 15 is 0 Å². The van der Waals surface area contributed by atoms with Crippen molar-refractivity contribution in [3.05, 3.63) is 246 Å². The number of thiophene rings is 1. The fourth-order valence-corrected chi connectivity index (χ4v) is 12.9. The maximum absolute atomic E-state index is 2.45. The van der Waals surface area contributed by atoms with E-state index in [0.29, 0.717) is 0 Å². The molecule has 10 aromatic carbocycles. The molecule has 0 N–H and O–H groups in total. The molecular formula is C63H45NS. The third kappa shape index (κ3) is 5.57. The predicted octanol–water partition coefficient (Wildman–Crippen LogP) is 17.7. The number of benzene rings is 10. The van der Waals surface area contributed by atoms with Crippen LogP contribution in [-0.4, -0.2) is 0 Å². The summed E-state index contributed by atoms with van der Waals surface area (Å²) >= 11 is 1.91. The molecule has 0 aliphatic heterocycles. The van der Waals surface area contributed by atoms with Gasteiger partial charge in [0.05, 0.1) is 0 Å². The third-order valence-corrected chi connectivity index (χ3v) is 16.0. The van der Waals surface area contributed by atoms with Crippen molar-refractivity contribution in [3.63, 3.8) is 0 Å². The van der Waals surface area contributed by atoms with Gasteiger partial charge in [-0.1, -0.05) is 196 Å². The van der Waals surface area contributed by atoms with E-state index in [9.17, 15) is 0 Å². The number of anilines is 3. The van der Waals surface area contributed by atoms with E-state index in [0.717, 1.165) is 17.1 Å². The van der Waals surface area contributed by atoms with Crippen molar-refractivity contribution >= 4 is 59.3 Å². The zero-order chi connectivity index (χ0) is 43.4. The van der Waals surface area contributed by atoms with Crippen molar-refractivity contribution in [2.75, 3.05) is 4.90 Å². The lowest BCUT2D eigenvalue weighted by molar-refractivity contribution is 0.662. The van der Waals surface area contributed by atoms with E-state index < -0.39 is 0 Å². The second-order valence-corrected chi connectivity index (χ2v) is 19.6. The van der Waals surface area contributed by atoms with Crippen LogP contribution < -0.4 is 4.90 Å². The average molecular weight is 848 g/mol. The van der Waals surface area contributed by atoms with Gasteiger partial charge in [0.1, 0.15) is 0 Å². The number of hydrogen-bond donors (Lipinski definition) is 0. The van der Waals surface area contributed by atoms with Crippen LogP contribution in [0.25, 0.3) is 75.5 Å². The van der Waals surface area contributed by atoms with Crippen LogP contribution in [0.3, 0.4) is 0 Å². The molecule has 65 heavy (non-hydrogen) atoms. The molecule has 0 amide bonds. The maximum atomic E-state index is 2.45. The van der Waals surface area contributed by atoms with Crippen molar-refractivity contribution in [2.45, 2.75) is 31.6 Å². The van der Waals surface area contributed by atoms with Crippen LogP contribution in [0.5, 0.6) is 0 Å². The molecule has 1 unspecified atom stereocenters. The topological polar surface area (TPSA) is 3.24 Å². The zero-order valence-corrected chi connectivity index (χ0v) is 37.5. The van der Waals surface area contributed by atoms with Crippen molar-refractivity contribution in [3.8, 4) is 44.5 Å². The molecule has 0 fully saturated rings. The second-order valence-electron chi connectivity index (χ2n) is 18.5. The van der Waals surface area contributed by atoms with Gasteiger partial charge in [0.15, 0.2) is 0 Å². The molecule has 1 nitrogen and oxygen atoms in total. The molecule has 0 radical (unpaired) electrons. The minimum atomic E-state index is -0.311. The van der Waals surface area contributed by atoms with E-state index in [-0.39, 0.29) is 10.8 Å². The minimum Gasteiger partial charge on any atom is -0.310 e. The fourth-order valence-electron chi connectivity index (χ4n) is 11.6. The molecule has 11 aromatic rings. The van der Waals surface area contributed by atoms with Crippen LogP contribution in [0.2, 0.25) is 0 Å². The SMILES string of the molecule is CC1(C)c2ccccc2-c2cccc(-c3ccc(N(c4ccc(-c5cccc6c5sc5c7ccccc7ccc65)cc4)c4ccc5c(c4)C(C)(c4ccccc4)c4ccccc4-5)cc3)c21. The Morgan fingerprint density at radius 1 is 0.354 bits per heavy atom. The lowest BCUT2D eigenvalue weighted by atomic mass is 9.74. The standard InChI is InChI=1S/C63H45NS/c1-62(2)56-25-11-9-20-51(56)53-23-13-21-47(59(53)62)41-27-32-44(33-28-41)64(46-36-38-52-50-19-10-12-26-57(50)63(3,58(52)39-46)43-16-5-4-6-17-43)45-34-29-42(30-35-45)49-22-14-24-54-55-37-31-40-15-7-8-18-48(40)61(55)65-60(49)54/h4-39H,1-3H3. The largest absolute Gasteiger partial charge is 0.310 e. The van der Waals surface area contributed by atoms with E-state index in [1.807, 2.05) is 11.3 Å². The molecule has 0 bridgehead atoms. The summed E-state index contributed by atoms with van der Waals surface area (Å²) in [7, 11) is 0. The highest BCUT2D eigenvalue weighted by Gasteiger charge is 2.41. The first-order chi connectivity index (χ1) is 31.9. The van der Waals surface area contributed by atoms with Gasteiger partial charge < -0.3 is 4.90 Å². The Morgan fingerprint density at radius 3 is 1.66 bits per heavy atom. The van der Waals surface area contributed by atoms with Gasteiger partial charge >= 0.3 is 0 Å². The highest BCUT2D eigenvalue weighted by Crippen LogP contribution is 2.55. The Hall–Kier alpha value is -7.52. The molecule has 0 spiro atoms. The summed E-state index contributed by atoms with van der Waals surface area (Å²) in [5, 5.41) is 5.25. The van der Waals surface area contributed by atoms with Crippen LogP contribution in [-0.2, 0) is 10.8 Å². The Kier molecular flexibility index (Phi) is 8.32. The Morgan fingerprint density at radius 2 is 0.892 bits per heavy atom. The number of fused-ring (bicyclic) bond motifs is 11. The molecule has 1 aromatic heterocycles. The normalized spacial score (nSPS) is 15.5. The van der Waals surface area contributed by atoms with Gasteiger partial charge in [-0.25, -0.2) is 0 Å². The Labute approximate surface area is 384 Å². The molecule has 0 saturated carbocycles. The molecular weight excluding hydrogens is 803 g/mol. The fraction of sp³-hybridized carbons (Fsp3) is 0.0794. The van der Waals surface area contributed by atoms with Gasteiger partial charge in [-0.05, 0) is 126 Å². The van der Waals surface area contributed by atoms with Crippen molar-refractivity contribution < 1.29 is 0 Å². The molecule has 2 heteroatoms. The van der Waals surface area contributed by atoms with E-state index in [1.54, 1.807) is 0 Å². The summed E-state index contributed by atoms with van der Waals surface area (Å²) in [6.07, 6.45) is 0. The molecule has 2 aliphatic rings. The predicted molar refractivity (Wildman–Crippen MR) is 277 cm³/mol. The van der Waals surface area contributed by atoms with Crippen LogP contribution in [0.15, 0.2) is 218 Å². The summed E-state index contributed by atoms with van der Waals surface area (Å²) in [5.41, 5.74) is 20.0. The van der Waals surface area contributed by atoms with Gasteiger partial charge in [-0.2, -0.15) is 0 Å². The first-order valence-electron chi connectivity index (χ1n) is 22.8. The average Bonchev–Trinajstić information content (AvgIpc) is 3.96. The summed E-state index contributed by atoms with van der Waals surface area (Å²) in [6, 6.07) is 81.5. The molecule has 13 rings (SSSR count). The summed E-state index contributed by atoms with van der Waals surface area (Å²) in [5.74, 6) is 0. The molecule has 1 heterocycles. The minimum absolute atomic E-state index is 0.101. The molecule has 2 aliphatic carbocycles. The summed E-state index contributed by atoms with van der Waals surface area (Å²) < 4.78 is 2.68. The first-order valence-corrected chi connectivity index (χ1v) is 23.6. The van der Waals surface area contributed by atoms with E-state index in [1.165, 1.54) is 103 Å². The quantitative estimate of drug-likeness (QED) is 0.161. The van der Waals surface area contributed by atoms with Crippen LogP contribution in [0.1, 0.15) is 48.6 Å². The zero-order valence-electron chi connectivity index (χ0n) is 36.6. The van der Waals surface area contributed by atoms with Gasteiger partial charge in [0.25, 0.3) is 0 Å². The maximum Gasteiger partial charge on any atom is 0.0465 e. The lowest BCUT2D eigenvalue weighted by Crippen LogP contribution is -2.22. The van der Waals surface area contributed by atoms with E-state index in [2.05, 4.69) is 244 Å². The lowest BCUT2D eigenvalue weighted by Gasteiger charge is -2.31. The molecule has 308 valence electrons. The van der Waals surface area contributed by atoms with Crippen LogP contribution >= 0.6 is 11.3 Å². The second kappa shape index (κ2) is 14.2. The summed E-state index contributed by atoms with van der Waals surface area (Å²) in [6.45, 7) is 7.15. The number of nitrogens with zero attached hydrogens (tertiary/aromatic N) is 1. The van der Waals surface area contributed by atoms with Crippen molar-refractivity contribution in [1.29, 1.82) is 0 Å². The third-order valence-electron chi connectivity index (χ3n) is 14.7. The molecule has 0 saturated heterocycles. The van der Waals surface area contributed by atoms with Crippen LogP contribution in [0, 0.1) is 0 Å². The first kappa shape index (κ1) is 38.0. The van der Waals surface area contributed by atoms with E-state index in [4.69, 9.17) is 0 Å². The van der Waals surface area contributed by atoms with Gasteiger partial charge in [0, 0.05) is 48.1 Å². The van der Waals surface area contributed by atoms with Gasteiger partial charge in [-0.3, -0.25) is 0 Å².